The van der Waals surface area contributed by atoms with Crippen molar-refractivity contribution >= 4 is 5.97 Å². The summed E-state index contributed by atoms with van der Waals surface area (Å²) in [5, 5.41) is 3.93. The molecule has 0 aliphatic heterocycles. The zero-order valence-corrected chi connectivity index (χ0v) is 17.0. The normalized spacial score (nSPS) is 10.4. The van der Waals surface area contributed by atoms with Crippen molar-refractivity contribution in [2.24, 2.45) is 0 Å². The lowest BCUT2D eigenvalue weighted by molar-refractivity contribution is 0.0429. The van der Waals surface area contributed by atoms with Crippen molar-refractivity contribution in [3.8, 4) is 28.6 Å². The largest absolute Gasteiger partial charge is 0.496 e. The van der Waals surface area contributed by atoms with Crippen molar-refractivity contribution in [2.75, 3.05) is 21.3 Å². The van der Waals surface area contributed by atoms with Gasteiger partial charge in [0.2, 0.25) is 5.82 Å². The molecule has 0 unspecified atom stereocenters. The third-order valence-corrected chi connectivity index (χ3v) is 4.30. The number of ether oxygens (including phenoxy) is 4. The topological polar surface area (TPSA) is 92.9 Å². The van der Waals surface area contributed by atoms with Crippen LogP contribution >= 0.6 is 0 Å². The highest BCUT2D eigenvalue weighted by Crippen LogP contribution is 2.33. The van der Waals surface area contributed by atoms with Crippen LogP contribution < -0.4 is 14.2 Å². The molecular weight excluding hydrogens is 388 g/mol. The Morgan fingerprint density at radius 2 is 1.87 bits per heavy atom. The minimum absolute atomic E-state index is 0.163. The summed E-state index contributed by atoms with van der Waals surface area (Å²) in [7, 11) is 4.60. The molecule has 0 atom stereocenters. The zero-order chi connectivity index (χ0) is 21.5. The third kappa shape index (κ3) is 4.43. The van der Waals surface area contributed by atoms with Crippen molar-refractivity contribution in [3.05, 3.63) is 66.1 Å². The second-order valence-corrected chi connectivity index (χ2v) is 6.15. The van der Waals surface area contributed by atoms with Crippen LogP contribution in [0.5, 0.6) is 17.2 Å². The molecule has 0 bridgehead atoms. The summed E-state index contributed by atoms with van der Waals surface area (Å²) in [5.74, 6) is 1.54. The standard InChI is InChI=1S/C22H22N2O6/c1-5-8-14-11-15(12-18(27-3)20(14)28-4)22(25)29-13-19-23-21(24-30-19)16-9-6-7-10-17(16)26-2/h5-7,9-12H,1,8,13H2,2-4H3. The monoisotopic (exact) mass is 410 g/mol. The Bertz CT molecular complexity index is 1040. The number of methoxy groups -OCH3 is 3. The molecule has 0 N–H and O–H groups in total. The Labute approximate surface area is 174 Å². The highest BCUT2D eigenvalue weighted by molar-refractivity contribution is 5.90. The lowest BCUT2D eigenvalue weighted by atomic mass is 10.1. The van der Waals surface area contributed by atoms with E-state index in [0.29, 0.717) is 40.6 Å². The zero-order valence-electron chi connectivity index (χ0n) is 17.0. The summed E-state index contributed by atoms with van der Waals surface area (Å²) in [5.41, 5.74) is 1.75. The van der Waals surface area contributed by atoms with Crippen LogP contribution in [-0.4, -0.2) is 37.4 Å². The van der Waals surface area contributed by atoms with Crippen LogP contribution in [0.3, 0.4) is 0 Å². The Hall–Kier alpha value is -3.81. The number of rotatable bonds is 9. The molecule has 0 aliphatic carbocycles. The number of esters is 1. The minimum Gasteiger partial charge on any atom is -0.496 e. The fourth-order valence-electron chi connectivity index (χ4n) is 2.93. The summed E-state index contributed by atoms with van der Waals surface area (Å²) < 4.78 is 26.5. The first kappa shape index (κ1) is 20.9. The number of para-hydroxylation sites is 1. The van der Waals surface area contributed by atoms with Gasteiger partial charge >= 0.3 is 5.97 Å². The van der Waals surface area contributed by atoms with E-state index in [1.165, 1.54) is 14.2 Å². The van der Waals surface area contributed by atoms with Crippen molar-refractivity contribution in [1.82, 2.24) is 10.1 Å². The lowest BCUT2D eigenvalue weighted by Crippen LogP contribution is -2.07. The van der Waals surface area contributed by atoms with E-state index < -0.39 is 5.97 Å². The number of nitrogens with zero attached hydrogens (tertiary/aromatic N) is 2. The molecule has 30 heavy (non-hydrogen) atoms. The molecule has 0 amide bonds. The van der Waals surface area contributed by atoms with Gasteiger partial charge in [-0.3, -0.25) is 0 Å². The van der Waals surface area contributed by atoms with Crippen LogP contribution in [0.15, 0.2) is 53.6 Å². The number of hydrogen-bond donors (Lipinski definition) is 0. The van der Waals surface area contributed by atoms with Gasteiger partial charge in [0.25, 0.3) is 5.89 Å². The van der Waals surface area contributed by atoms with Crippen LogP contribution in [0, 0.1) is 0 Å². The maximum atomic E-state index is 12.6. The van der Waals surface area contributed by atoms with Crippen LogP contribution in [0.1, 0.15) is 21.8 Å². The molecular formula is C22H22N2O6. The molecule has 8 nitrogen and oxygen atoms in total. The van der Waals surface area contributed by atoms with Gasteiger partial charge < -0.3 is 23.5 Å². The summed E-state index contributed by atoms with van der Waals surface area (Å²) in [6, 6.07) is 10.5. The fourth-order valence-corrected chi connectivity index (χ4v) is 2.93. The average molecular weight is 410 g/mol. The minimum atomic E-state index is -0.557. The first-order valence-electron chi connectivity index (χ1n) is 9.10. The van der Waals surface area contributed by atoms with Gasteiger partial charge in [-0.05, 0) is 30.7 Å². The molecule has 1 aromatic heterocycles. The van der Waals surface area contributed by atoms with Gasteiger partial charge in [-0.15, -0.1) is 6.58 Å². The van der Waals surface area contributed by atoms with Crippen molar-refractivity contribution < 1.29 is 28.3 Å². The van der Waals surface area contributed by atoms with E-state index in [0.717, 1.165) is 5.56 Å². The Balaban J connectivity index is 1.75. The van der Waals surface area contributed by atoms with E-state index in [1.807, 2.05) is 18.2 Å². The maximum Gasteiger partial charge on any atom is 0.338 e. The van der Waals surface area contributed by atoms with E-state index in [1.54, 1.807) is 31.4 Å². The van der Waals surface area contributed by atoms with E-state index in [-0.39, 0.29) is 12.5 Å². The molecule has 0 fully saturated rings. The number of aromatic nitrogens is 2. The second-order valence-electron chi connectivity index (χ2n) is 6.15. The van der Waals surface area contributed by atoms with Gasteiger partial charge in [-0.1, -0.05) is 23.4 Å². The molecule has 0 aliphatic rings. The molecule has 8 heteroatoms. The summed E-state index contributed by atoms with van der Waals surface area (Å²) in [4.78, 5) is 16.8. The molecule has 0 radical (unpaired) electrons. The Morgan fingerprint density at radius 1 is 1.10 bits per heavy atom. The quantitative estimate of drug-likeness (QED) is 0.388. The van der Waals surface area contributed by atoms with Crippen LogP contribution in [0.4, 0.5) is 0 Å². The van der Waals surface area contributed by atoms with Crippen molar-refractivity contribution in [3.63, 3.8) is 0 Å². The number of carbonyl (C=O) groups is 1. The number of benzene rings is 2. The average Bonchev–Trinajstić information content (AvgIpc) is 3.25. The maximum absolute atomic E-state index is 12.6. The second kappa shape index (κ2) is 9.60. The Morgan fingerprint density at radius 3 is 2.57 bits per heavy atom. The number of hydrogen-bond acceptors (Lipinski definition) is 8. The van der Waals surface area contributed by atoms with Gasteiger partial charge in [0.15, 0.2) is 18.1 Å². The third-order valence-electron chi connectivity index (χ3n) is 4.30. The SMILES string of the molecule is C=CCc1cc(C(=O)OCc2nc(-c3ccccc3OC)no2)cc(OC)c1OC. The molecule has 156 valence electrons. The Kier molecular flexibility index (Phi) is 6.69. The van der Waals surface area contributed by atoms with Crippen LogP contribution in [0.25, 0.3) is 11.4 Å². The molecule has 3 rings (SSSR count). The van der Waals surface area contributed by atoms with Gasteiger partial charge in [0.05, 0.1) is 32.5 Å². The number of allylic oxidation sites excluding steroid dienone is 1. The predicted molar refractivity (Wildman–Crippen MR) is 109 cm³/mol. The lowest BCUT2D eigenvalue weighted by Gasteiger charge is -2.13. The van der Waals surface area contributed by atoms with Gasteiger partial charge in [0, 0.05) is 5.56 Å². The summed E-state index contributed by atoms with van der Waals surface area (Å²) in [6.45, 7) is 3.55. The summed E-state index contributed by atoms with van der Waals surface area (Å²) in [6.07, 6.45) is 2.22. The molecule has 0 saturated heterocycles. The molecule has 1 heterocycles. The highest BCUT2D eigenvalue weighted by Gasteiger charge is 2.18. The smallest absolute Gasteiger partial charge is 0.338 e. The van der Waals surface area contributed by atoms with Gasteiger partial charge in [0.1, 0.15) is 5.75 Å². The highest BCUT2D eigenvalue weighted by atomic mass is 16.6. The van der Waals surface area contributed by atoms with E-state index in [9.17, 15) is 4.79 Å². The van der Waals surface area contributed by atoms with E-state index in [4.69, 9.17) is 23.5 Å². The molecule has 2 aromatic carbocycles. The first-order valence-corrected chi connectivity index (χ1v) is 9.10. The van der Waals surface area contributed by atoms with Gasteiger partial charge in [-0.2, -0.15) is 4.98 Å². The molecule has 0 spiro atoms. The molecule has 3 aromatic rings. The summed E-state index contributed by atoms with van der Waals surface area (Å²) >= 11 is 0. The van der Waals surface area contributed by atoms with Crippen molar-refractivity contribution in [2.45, 2.75) is 13.0 Å². The van der Waals surface area contributed by atoms with Crippen molar-refractivity contribution in [1.29, 1.82) is 0 Å². The predicted octanol–water partition coefficient (Wildman–Crippen LogP) is 3.85. The first-order chi connectivity index (χ1) is 14.6. The molecule has 0 saturated carbocycles. The van der Waals surface area contributed by atoms with E-state index >= 15 is 0 Å². The van der Waals surface area contributed by atoms with E-state index in [2.05, 4.69) is 16.7 Å². The fraction of sp³-hybridized carbons (Fsp3) is 0.227. The van der Waals surface area contributed by atoms with Crippen LogP contribution in [-0.2, 0) is 17.8 Å². The van der Waals surface area contributed by atoms with Gasteiger partial charge in [-0.25, -0.2) is 4.79 Å². The van der Waals surface area contributed by atoms with Crippen LogP contribution in [0.2, 0.25) is 0 Å². The number of carbonyl (C=O) groups excluding carboxylic acids is 1.